The van der Waals surface area contributed by atoms with Crippen LogP contribution in [0.5, 0.6) is 0 Å². The van der Waals surface area contributed by atoms with Crippen LogP contribution in [-0.4, -0.2) is 32.7 Å². The van der Waals surface area contributed by atoms with E-state index < -0.39 is 10.0 Å². The molecule has 0 amide bonds. The molecule has 4 N–H and O–H groups in total. The maximum absolute atomic E-state index is 12.3. The largest absolute Gasteiger partial charge is 0.380 e. The van der Waals surface area contributed by atoms with E-state index in [0.717, 1.165) is 0 Å². The SMILES string of the molecule is CCOCC(NS(=O)(=O)c1cnc(NN)c(Cl)c1)C(C)C. The molecule has 9 heteroatoms. The molecule has 0 radical (unpaired) electrons. The van der Waals surface area contributed by atoms with Crippen LogP contribution < -0.4 is 16.0 Å². The minimum atomic E-state index is -3.73. The summed E-state index contributed by atoms with van der Waals surface area (Å²) in [5.74, 6) is 5.50. The first kappa shape index (κ1) is 18.1. The summed E-state index contributed by atoms with van der Waals surface area (Å²) in [5, 5.41) is 0.131. The Morgan fingerprint density at radius 2 is 2.14 bits per heavy atom. The number of nitrogens with one attached hydrogen (secondary N) is 2. The fraction of sp³-hybridized carbons (Fsp3) is 0.583. The number of pyridine rings is 1. The summed E-state index contributed by atoms with van der Waals surface area (Å²) >= 11 is 5.90. The van der Waals surface area contributed by atoms with Crippen molar-refractivity contribution in [1.82, 2.24) is 9.71 Å². The third-order valence-electron chi connectivity index (χ3n) is 2.88. The van der Waals surface area contributed by atoms with E-state index in [9.17, 15) is 8.42 Å². The van der Waals surface area contributed by atoms with E-state index in [2.05, 4.69) is 15.1 Å². The lowest BCUT2D eigenvalue weighted by Crippen LogP contribution is -2.41. The predicted octanol–water partition coefficient (Wildman–Crippen LogP) is 1.36. The molecule has 0 aliphatic heterocycles. The zero-order valence-corrected chi connectivity index (χ0v) is 13.8. The number of nitrogen functional groups attached to an aromatic ring is 1. The van der Waals surface area contributed by atoms with Gasteiger partial charge in [-0.2, -0.15) is 0 Å². The lowest BCUT2D eigenvalue weighted by molar-refractivity contribution is 0.116. The van der Waals surface area contributed by atoms with E-state index in [0.29, 0.717) is 13.2 Å². The van der Waals surface area contributed by atoms with Crippen LogP contribution in [0.1, 0.15) is 20.8 Å². The molecule has 0 bridgehead atoms. The van der Waals surface area contributed by atoms with E-state index >= 15 is 0 Å². The molecule has 0 aliphatic carbocycles. The number of halogens is 1. The fourth-order valence-electron chi connectivity index (χ4n) is 1.55. The second-order valence-corrected chi connectivity index (χ2v) is 6.90. The molecule has 0 saturated heterocycles. The Bertz CT molecular complexity index is 566. The van der Waals surface area contributed by atoms with E-state index in [1.807, 2.05) is 20.8 Å². The summed E-state index contributed by atoms with van der Waals surface area (Å²) in [6, 6.07) is 0.963. The van der Waals surface area contributed by atoms with Crippen molar-refractivity contribution in [2.75, 3.05) is 18.6 Å². The van der Waals surface area contributed by atoms with Crippen molar-refractivity contribution in [3.8, 4) is 0 Å². The second-order valence-electron chi connectivity index (χ2n) is 4.78. The Balaban J connectivity index is 2.96. The molecule has 1 aromatic rings. The number of anilines is 1. The maximum Gasteiger partial charge on any atom is 0.242 e. The summed E-state index contributed by atoms with van der Waals surface area (Å²) in [4.78, 5) is 3.84. The summed E-state index contributed by atoms with van der Waals surface area (Å²) < 4.78 is 32.6. The third-order valence-corrected chi connectivity index (χ3v) is 4.62. The lowest BCUT2D eigenvalue weighted by atomic mass is 10.1. The first-order chi connectivity index (χ1) is 9.81. The highest BCUT2D eigenvalue weighted by Gasteiger charge is 2.23. The van der Waals surface area contributed by atoms with Crippen molar-refractivity contribution >= 4 is 27.4 Å². The zero-order valence-electron chi connectivity index (χ0n) is 12.3. The molecule has 1 heterocycles. The van der Waals surface area contributed by atoms with Gasteiger partial charge in [-0.3, -0.25) is 0 Å². The van der Waals surface area contributed by atoms with Gasteiger partial charge < -0.3 is 10.2 Å². The summed E-state index contributed by atoms with van der Waals surface area (Å²) in [7, 11) is -3.73. The number of nitrogens with zero attached hydrogens (tertiary/aromatic N) is 1. The van der Waals surface area contributed by atoms with E-state index in [1.54, 1.807) is 0 Å². The maximum atomic E-state index is 12.3. The Morgan fingerprint density at radius 1 is 1.48 bits per heavy atom. The molecule has 21 heavy (non-hydrogen) atoms. The molecule has 0 fully saturated rings. The van der Waals surface area contributed by atoms with Crippen molar-refractivity contribution < 1.29 is 13.2 Å². The van der Waals surface area contributed by atoms with Crippen LogP contribution in [0, 0.1) is 5.92 Å². The van der Waals surface area contributed by atoms with Gasteiger partial charge in [0.1, 0.15) is 4.90 Å². The topological polar surface area (TPSA) is 106 Å². The molecule has 1 rings (SSSR count). The number of rotatable bonds is 8. The Labute approximate surface area is 130 Å². The zero-order chi connectivity index (χ0) is 16.0. The molecular weight excluding hydrogens is 316 g/mol. The molecular formula is C12H21ClN4O3S. The highest BCUT2D eigenvalue weighted by Crippen LogP contribution is 2.22. The molecule has 7 nitrogen and oxygen atoms in total. The average molecular weight is 337 g/mol. The number of ether oxygens (including phenoxy) is 1. The van der Waals surface area contributed by atoms with E-state index in [4.69, 9.17) is 22.2 Å². The van der Waals surface area contributed by atoms with Gasteiger partial charge in [0.2, 0.25) is 10.0 Å². The predicted molar refractivity (Wildman–Crippen MR) is 82.5 cm³/mol. The third kappa shape index (κ3) is 5.08. The van der Waals surface area contributed by atoms with Crippen LogP contribution in [-0.2, 0) is 14.8 Å². The highest BCUT2D eigenvalue weighted by atomic mass is 35.5. The van der Waals surface area contributed by atoms with Crippen molar-refractivity contribution in [3.63, 3.8) is 0 Å². The first-order valence-electron chi connectivity index (χ1n) is 6.54. The van der Waals surface area contributed by atoms with Gasteiger partial charge >= 0.3 is 0 Å². The highest BCUT2D eigenvalue weighted by molar-refractivity contribution is 7.89. The van der Waals surface area contributed by atoms with Crippen LogP contribution >= 0.6 is 11.6 Å². The Kier molecular flexibility index (Phi) is 6.82. The number of sulfonamides is 1. The molecule has 1 aromatic heterocycles. The van der Waals surface area contributed by atoms with Gasteiger partial charge in [-0.05, 0) is 18.9 Å². The molecule has 1 unspecified atom stereocenters. The van der Waals surface area contributed by atoms with Gasteiger partial charge in [-0.25, -0.2) is 24.0 Å². The molecule has 0 aliphatic rings. The van der Waals surface area contributed by atoms with Crippen molar-refractivity contribution in [3.05, 3.63) is 17.3 Å². The monoisotopic (exact) mass is 336 g/mol. The normalized spacial score (nSPS) is 13.4. The summed E-state index contributed by atoms with van der Waals surface area (Å²) in [6.45, 7) is 6.51. The van der Waals surface area contributed by atoms with E-state index in [1.165, 1.54) is 12.3 Å². The molecule has 1 atom stereocenters. The smallest absolute Gasteiger partial charge is 0.242 e. The van der Waals surface area contributed by atoms with Gasteiger partial charge in [0.05, 0.1) is 11.6 Å². The standard InChI is InChI=1S/C12H21ClN4O3S/c1-4-20-7-11(8(2)3)17-21(18,19)9-5-10(13)12(16-14)15-6-9/h5-6,8,11,17H,4,7,14H2,1-3H3,(H,15,16). The van der Waals surface area contributed by atoms with Crippen LogP contribution in [0.3, 0.4) is 0 Å². The van der Waals surface area contributed by atoms with Crippen LogP contribution in [0.4, 0.5) is 5.82 Å². The van der Waals surface area contributed by atoms with Crippen molar-refractivity contribution in [2.45, 2.75) is 31.7 Å². The lowest BCUT2D eigenvalue weighted by Gasteiger charge is -2.22. The van der Waals surface area contributed by atoms with Gasteiger partial charge in [-0.15, -0.1) is 0 Å². The minimum Gasteiger partial charge on any atom is -0.380 e. The average Bonchev–Trinajstić information content (AvgIpc) is 2.43. The van der Waals surface area contributed by atoms with Crippen molar-refractivity contribution in [1.29, 1.82) is 0 Å². The molecule has 0 spiro atoms. The Morgan fingerprint density at radius 3 is 2.62 bits per heavy atom. The van der Waals surface area contributed by atoms with Crippen LogP contribution in [0.15, 0.2) is 17.2 Å². The van der Waals surface area contributed by atoms with Crippen LogP contribution in [0.25, 0.3) is 0 Å². The van der Waals surface area contributed by atoms with Gasteiger partial charge in [0.25, 0.3) is 0 Å². The van der Waals surface area contributed by atoms with Gasteiger partial charge in [0.15, 0.2) is 5.82 Å². The van der Waals surface area contributed by atoms with Gasteiger partial charge in [-0.1, -0.05) is 25.4 Å². The first-order valence-corrected chi connectivity index (χ1v) is 8.40. The summed E-state index contributed by atoms with van der Waals surface area (Å²) in [6.07, 6.45) is 1.20. The summed E-state index contributed by atoms with van der Waals surface area (Å²) in [5.41, 5.74) is 2.28. The Hall–Kier alpha value is -0.930. The fourth-order valence-corrected chi connectivity index (χ4v) is 3.17. The number of hydrogen-bond acceptors (Lipinski definition) is 6. The van der Waals surface area contributed by atoms with Gasteiger partial charge in [0, 0.05) is 18.8 Å². The molecule has 0 saturated carbocycles. The number of hydrogen-bond donors (Lipinski definition) is 3. The quantitative estimate of drug-likeness (QED) is 0.489. The number of nitrogens with two attached hydrogens (primary N) is 1. The number of hydrazine groups is 1. The number of aromatic nitrogens is 1. The second kappa shape index (κ2) is 7.90. The van der Waals surface area contributed by atoms with Crippen LogP contribution in [0.2, 0.25) is 5.02 Å². The van der Waals surface area contributed by atoms with E-state index in [-0.39, 0.29) is 27.7 Å². The molecule has 0 aromatic carbocycles. The molecule has 120 valence electrons. The minimum absolute atomic E-state index is 0.0198. The van der Waals surface area contributed by atoms with Crippen molar-refractivity contribution in [2.24, 2.45) is 11.8 Å².